The van der Waals surface area contributed by atoms with Crippen LogP contribution >= 0.6 is 0 Å². The molecule has 10 fully saturated rings. The summed E-state index contributed by atoms with van der Waals surface area (Å²) in [6.07, 6.45) is 13.4. The van der Waals surface area contributed by atoms with E-state index in [-0.39, 0.29) is 69.3 Å². The van der Waals surface area contributed by atoms with Crippen LogP contribution in [0.5, 0.6) is 23.0 Å². The molecule has 8 saturated carbocycles. The van der Waals surface area contributed by atoms with Crippen LogP contribution in [0.2, 0.25) is 0 Å². The van der Waals surface area contributed by atoms with Crippen LogP contribution in [-0.4, -0.2) is 117 Å². The normalized spacial score (nSPS) is 44.2. The van der Waals surface area contributed by atoms with Crippen LogP contribution in [-0.2, 0) is 33.1 Å². The van der Waals surface area contributed by atoms with E-state index in [1.54, 1.807) is 0 Å². The van der Waals surface area contributed by atoms with E-state index < -0.39 is 33.2 Å². The minimum atomic E-state index is -1.04. The number of fused-ring (bicyclic) bond motifs is 4. The lowest BCUT2D eigenvalue weighted by Gasteiger charge is -2.75. The molecular formula is C58H80N2O8. The van der Waals surface area contributed by atoms with Crippen molar-refractivity contribution in [1.82, 2.24) is 9.80 Å². The van der Waals surface area contributed by atoms with Gasteiger partial charge < -0.3 is 39.4 Å². The summed E-state index contributed by atoms with van der Waals surface area (Å²) in [7, 11) is 3.68. The summed E-state index contributed by atoms with van der Waals surface area (Å²) in [4.78, 5) is 5.67. The third-order valence-electron chi connectivity index (χ3n) is 24.2. The molecule has 4 aliphatic heterocycles. The molecule has 0 radical (unpaired) electrons. The Kier molecular flexibility index (Phi) is 8.40. The zero-order valence-electron chi connectivity index (χ0n) is 42.8. The maximum Gasteiger partial charge on any atom is 0.166 e. The highest BCUT2D eigenvalue weighted by atomic mass is 16.6. The van der Waals surface area contributed by atoms with Gasteiger partial charge in [0.1, 0.15) is 23.4 Å². The Hall–Kier alpha value is -2.60. The monoisotopic (exact) mass is 933 g/mol. The summed E-state index contributed by atoms with van der Waals surface area (Å²) in [6.45, 7) is 21.3. The third kappa shape index (κ3) is 4.69. The molecule has 2 aromatic carbocycles. The molecule has 370 valence electrons. The van der Waals surface area contributed by atoms with Crippen LogP contribution < -0.4 is 9.47 Å². The number of hydrogen-bond acceptors (Lipinski definition) is 10. The van der Waals surface area contributed by atoms with Crippen molar-refractivity contribution >= 4 is 0 Å². The van der Waals surface area contributed by atoms with Crippen molar-refractivity contribution in [2.75, 3.05) is 40.4 Å². The van der Waals surface area contributed by atoms with Gasteiger partial charge in [0.2, 0.25) is 0 Å². The first-order chi connectivity index (χ1) is 32.0. The van der Waals surface area contributed by atoms with E-state index in [1.165, 1.54) is 47.9 Å². The van der Waals surface area contributed by atoms with Gasteiger partial charge in [-0.3, -0.25) is 9.80 Å². The number of likely N-dealkylation sites (tertiary alicyclic amines) is 2. The summed E-state index contributed by atoms with van der Waals surface area (Å²) in [6, 6.07) is 5.00. The van der Waals surface area contributed by atoms with Gasteiger partial charge in [-0.05, 0) is 163 Å². The lowest BCUT2D eigenvalue weighted by Crippen LogP contribution is -2.83. The average molecular weight is 933 g/mol. The van der Waals surface area contributed by atoms with E-state index in [1.807, 2.05) is 28.1 Å². The van der Waals surface area contributed by atoms with Crippen molar-refractivity contribution in [2.24, 2.45) is 45.3 Å². The minimum absolute atomic E-state index is 0.0971. The van der Waals surface area contributed by atoms with Gasteiger partial charge in [-0.1, -0.05) is 41.5 Å². The number of benzene rings is 2. The summed E-state index contributed by atoms with van der Waals surface area (Å²) in [5, 5.41) is 51.9. The van der Waals surface area contributed by atoms with Crippen molar-refractivity contribution in [1.29, 1.82) is 0 Å². The lowest BCUT2D eigenvalue weighted by molar-refractivity contribution is -0.312. The summed E-state index contributed by atoms with van der Waals surface area (Å²) in [5.74, 6) is 2.48. The first-order valence-electron chi connectivity index (χ1n) is 27.2. The molecule has 2 aromatic rings. The van der Waals surface area contributed by atoms with E-state index in [2.05, 4.69) is 63.5 Å². The number of rotatable bonds is 9. The largest absolute Gasteiger partial charge is 0.504 e. The predicted molar refractivity (Wildman–Crippen MR) is 259 cm³/mol. The van der Waals surface area contributed by atoms with E-state index in [9.17, 15) is 20.4 Å². The number of phenols is 2. The van der Waals surface area contributed by atoms with E-state index in [0.29, 0.717) is 22.6 Å². The highest BCUT2D eigenvalue weighted by Gasteiger charge is 2.84. The van der Waals surface area contributed by atoms with E-state index in [4.69, 9.17) is 18.9 Å². The van der Waals surface area contributed by atoms with Gasteiger partial charge in [0.05, 0.1) is 11.2 Å². The first kappa shape index (κ1) is 44.1. The SMILES string of the molecule is CO[C@@]12CC[C@@]3(C[C@@H]1[C@](C)(O)C(C)(C)C)[C@H]1Cc4cc(-c5cc6c7c(c5O)O[C@H]5[C@@]8(OC)CC[C@@]9(C[C@@H]8[C@](C)(O)C(C)(C)C)[C@@H](C6)N(CC6CC6)CC[C@]759)c(O)c5c4[C@@]3(CCN1CC1CC1)[C@H]2O5. The van der Waals surface area contributed by atoms with E-state index >= 15 is 0 Å². The van der Waals surface area contributed by atoms with Crippen molar-refractivity contribution in [3.63, 3.8) is 0 Å². The molecule has 4 N–H and O–H groups in total. The first-order valence-corrected chi connectivity index (χ1v) is 27.2. The van der Waals surface area contributed by atoms with Crippen LogP contribution in [0.1, 0.15) is 155 Å². The number of phenolic OH excluding ortho intramolecular Hbond substituents is 2. The minimum Gasteiger partial charge on any atom is -0.504 e. The second-order valence-corrected chi connectivity index (χ2v) is 28.0. The molecule has 10 nitrogen and oxygen atoms in total. The molecule has 10 heteroatoms. The van der Waals surface area contributed by atoms with Crippen LogP contribution in [0.25, 0.3) is 11.1 Å². The van der Waals surface area contributed by atoms with Crippen LogP contribution in [0.4, 0.5) is 0 Å². The quantitative estimate of drug-likeness (QED) is 0.194. The number of methoxy groups -OCH3 is 2. The van der Waals surface area contributed by atoms with Gasteiger partial charge >= 0.3 is 0 Å². The number of hydrogen-bond donors (Lipinski definition) is 4. The Morgan fingerprint density at radius 1 is 0.588 bits per heavy atom. The van der Waals surface area contributed by atoms with Gasteiger partial charge in [-0.2, -0.15) is 0 Å². The predicted octanol–water partition coefficient (Wildman–Crippen LogP) is 8.81. The Morgan fingerprint density at radius 2 is 0.971 bits per heavy atom. The Morgan fingerprint density at radius 3 is 1.31 bits per heavy atom. The number of aromatic hydroxyl groups is 2. The molecule has 4 heterocycles. The summed E-state index contributed by atoms with van der Waals surface area (Å²) < 4.78 is 28.8. The number of ether oxygens (including phenoxy) is 4. The second kappa shape index (κ2) is 12.9. The second-order valence-electron chi connectivity index (χ2n) is 28.0. The molecule has 4 spiro atoms. The topological polar surface area (TPSA) is 124 Å². The summed E-state index contributed by atoms with van der Waals surface area (Å²) in [5.41, 5.74) is 0.598. The third-order valence-corrected chi connectivity index (χ3v) is 24.2. The van der Waals surface area contributed by atoms with Crippen LogP contribution in [0.15, 0.2) is 12.1 Å². The molecule has 2 saturated heterocycles. The molecule has 68 heavy (non-hydrogen) atoms. The highest BCUT2D eigenvalue weighted by molar-refractivity contribution is 5.86. The van der Waals surface area contributed by atoms with E-state index in [0.717, 1.165) is 102 Å². The molecule has 14 atom stereocenters. The van der Waals surface area contributed by atoms with Crippen LogP contribution in [0, 0.1) is 45.3 Å². The fourth-order valence-corrected chi connectivity index (χ4v) is 19.7. The van der Waals surface area contributed by atoms with Gasteiger partial charge in [-0.25, -0.2) is 0 Å². The molecule has 0 amide bonds. The van der Waals surface area contributed by atoms with Crippen molar-refractivity contribution < 1.29 is 39.4 Å². The Bertz CT molecular complexity index is 2380. The van der Waals surface area contributed by atoms with Crippen molar-refractivity contribution in [3.8, 4) is 34.1 Å². The van der Waals surface area contributed by atoms with Crippen molar-refractivity contribution in [3.05, 3.63) is 34.4 Å². The van der Waals surface area contributed by atoms with Gasteiger partial charge in [0, 0.05) is 95.1 Å². The molecule has 0 aromatic heterocycles. The number of nitrogens with zero attached hydrogens (tertiary/aromatic N) is 2. The average Bonchev–Trinajstić information content (AvgIpc) is 4.22. The van der Waals surface area contributed by atoms with Crippen LogP contribution in [0.3, 0.4) is 0 Å². The lowest BCUT2D eigenvalue weighted by atomic mass is 9.33. The molecule has 8 bridgehead atoms. The number of piperidine rings is 2. The molecular weight excluding hydrogens is 853 g/mol. The number of aliphatic hydroxyl groups is 2. The Balaban J connectivity index is 0.957. The molecule has 0 unspecified atom stereocenters. The van der Waals surface area contributed by atoms with Gasteiger partial charge in [-0.15, -0.1) is 0 Å². The molecule has 14 aliphatic rings. The van der Waals surface area contributed by atoms with Crippen molar-refractivity contribution in [2.45, 2.75) is 203 Å². The zero-order chi connectivity index (χ0) is 47.5. The zero-order valence-corrected chi connectivity index (χ0v) is 42.8. The maximum absolute atomic E-state index is 13.1. The van der Waals surface area contributed by atoms with Gasteiger partial charge in [0.15, 0.2) is 23.0 Å². The standard InChI is InChI=1S/C58H80N2O8/c1-49(2,3)51(7,63)37-27-53-15-17-57(37,65-9)47-55(53)19-21-59(29-31-11-12-31)39(53)25-33-23-35(43(61)45(67-47)41(33)55)36-24-34-26-40-54-16-18-58(66-10,38(28-54)52(8,64)50(4,5)6)48-56(54,42(34)46(68-48)44(36)62)20-22-60(40)30-32-13-14-32/h23-24,31-32,37-40,47-48,61-64H,11-22,25-30H2,1-10H3/t37-,38-,39-,40-,47-,48-,51+,52+,53-,54-,55+,56+,57-,58+/m1/s1. The fraction of sp³-hybridized carbons (Fsp3) is 0.793. The van der Waals surface area contributed by atoms with Gasteiger partial charge in [0.25, 0.3) is 0 Å². The molecule has 10 aliphatic carbocycles. The molecule has 16 rings (SSSR count). The maximum atomic E-state index is 13.1. The Labute approximate surface area is 404 Å². The highest BCUT2D eigenvalue weighted by Crippen LogP contribution is 2.81. The summed E-state index contributed by atoms with van der Waals surface area (Å²) >= 11 is 0. The fourth-order valence-electron chi connectivity index (χ4n) is 19.7. The smallest absolute Gasteiger partial charge is 0.166 e.